The largest absolute Gasteiger partial charge is 0.481 e. The number of nitriles is 1. The zero-order valence-electron chi connectivity index (χ0n) is 9.24. The van der Waals surface area contributed by atoms with Crippen molar-refractivity contribution >= 4 is 0 Å². The molecule has 1 N–H and O–H groups in total. The van der Waals surface area contributed by atoms with Crippen molar-refractivity contribution in [2.75, 3.05) is 7.11 Å². The first kappa shape index (κ1) is 10.3. The van der Waals surface area contributed by atoms with Crippen molar-refractivity contribution < 1.29 is 4.74 Å². The van der Waals surface area contributed by atoms with E-state index in [9.17, 15) is 0 Å². The molecule has 0 atom stereocenters. The number of hydrogen-bond acceptors (Lipinski definition) is 2. The van der Waals surface area contributed by atoms with E-state index in [0.717, 1.165) is 16.8 Å². The topological polar surface area (TPSA) is 48.8 Å². The molecule has 0 aliphatic carbocycles. The summed E-state index contributed by atoms with van der Waals surface area (Å²) in [6, 6.07) is 12.0. The highest BCUT2D eigenvalue weighted by Gasteiger charge is 2.15. The Balaban J connectivity index is 2.60. The van der Waals surface area contributed by atoms with Gasteiger partial charge in [0.25, 0.3) is 0 Å². The Bertz CT molecular complexity index is 535. The number of ether oxygens (including phenoxy) is 1. The van der Waals surface area contributed by atoms with E-state index < -0.39 is 0 Å². The average molecular weight is 212 g/mol. The van der Waals surface area contributed by atoms with Crippen LogP contribution in [-0.2, 0) is 0 Å². The smallest absolute Gasteiger partial charge is 0.209 e. The number of aromatic amines is 1. The molecule has 0 amide bonds. The first-order valence-corrected chi connectivity index (χ1v) is 5.00. The Hall–Kier alpha value is -2.21. The van der Waals surface area contributed by atoms with Crippen LogP contribution in [0.5, 0.6) is 5.88 Å². The van der Waals surface area contributed by atoms with Gasteiger partial charge in [-0.2, -0.15) is 5.26 Å². The summed E-state index contributed by atoms with van der Waals surface area (Å²) in [5, 5.41) is 9.04. The maximum Gasteiger partial charge on any atom is 0.209 e. The van der Waals surface area contributed by atoms with E-state index in [4.69, 9.17) is 10.00 Å². The SMILES string of the molecule is COc1[nH]c(-c2ccccc2)c(C)c1C#N. The van der Waals surface area contributed by atoms with Gasteiger partial charge in [-0.1, -0.05) is 30.3 Å². The first-order chi connectivity index (χ1) is 7.77. The van der Waals surface area contributed by atoms with Gasteiger partial charge in [-0.3, -0.25) is 0 Å². The van der Waals surface area contributed by atoms with E-state index in [0.29, 0.717) is 11.4 Å². The highest BCUT2D eigenvalue weighted by Crippen LogP contribution is 2.30. The third-order valence-electron chi connectivity index (χ3n) is 2.59. The molecule has 0 radical (unpaired) electrons. The lowest BCUT2D eigenvalue weighted by atomic mass is 10.1. The Morgan fingerprint density at radius 2 is 1.94 bits per heavy atom. The maximum atomic E-state index is 9.04. The van der Waals surface area contributed by atoms with Crippen LogP contribution < -0.4 is 4.74 Å². The molecule has 0 fully saturated rings. The van der Waals surface area contributed by atoms with Crippen LogP contribution in [0.15, 0.2) is 30.3 Å². The Morgan fingerprint density at radius 1 is 1.25 bits per heavy atom. The van der Waals surface area contributed by atoms with Crippen LogP contribution in [0.3, 0.4) is 0 Å². The number of aromatic nitrogens is 1. The van der Waals surface area contributed by atoms with Crippen molar-refractivity contribution in [2.24, 2.45) is 0 Å². The van der Waals surface area contributed by atoms with Crippen molar-refractivity contribution in [3.05, 3.63) is 41.5 Å². The molecule has 0 saturated heterocycles. The van der Waals surface area contributed by atoms with Crippen LogP contribution >= 0.6 is 0 Å². The standard InChI is InChI=1S/C13H12N2O/c1-9-11(8-14)13(16-2)15-12(9)10-6-4-3-5-7-10/h3-7,15H,1-2H3. The second-order valence-corrected chi connectivity index (χ2v) is 3.51. The quantitative estimate of drug-likeness (QED) is 0.832. The van der Waals surface area contributed by atoms with Gasteiger partial charge in [-0.15, -0.1) is 0 Å². The Morgan fingerprint density at radius 3 is 2.44 bits per heavy atom. The van der Waals surface area contributed by atoms with Gasteiger partial charge >= 0.3 is 0 Å². The molecule has 0 unspecified atom stereocenters. The van der Waals surface area contributed by atoms with Gasteiger partial charge in [0.15, 0.2) is 0 Å². The Labute approximate surface area is 94.3 Å². The normalized spacial score (nSPS) is 9.81. The Kier molecular flexibility index (Phi) is 2.65. The summed E-state index contributed by atoms with van der Waals surface area (Å²) < 4.78 is 5.14. The molecule has 0 spiro atoms. The number of nitrogens with one attached hydrogen (secondary N) is 1. The summed E-state index contributed by atoms with van der Waals surface area (Å²) in [6.07, 6.45) is 0. The predicted molar refractivity (Wildman–Crippen MR) is 62.2 cm³/mol. The second kappa shape index (κ2) is 4.11. The fraction of sp³-hybridized carbons (Fsp3) is 0.154. The minimum atomic E-state index is 0.527. The van der Waals surface area contributed by atoms with Gasteiger partial charge in [-0.25, -0.2) is 0 Å². The molecular weight excluding hydrogens is 200 g/mol. The molecule has 16 heavy (non-hydrogen) atoms. The molecule has 0 bridgehead atoms. The number of benzene rings is 1. The molecular formula is C13H12N2O. The van der Waals surface area contributed by atoms with Gasteiger partial charge in [0, 0.05) is 0 Å². The summed E-state index contributed by atoms with van der Waals surface area (Å²) in [6.45, 7) is 1.92. The van der Waals surface area contributed by atoms with E-state index in [-0.39, 0.29) is 0 Å². The fourth-order valence-electron chi connectivity index (χ4n) is 1.75. The van der Waals surface area contributed by atoms with E-state index in [1.54, 1.807) is 7.11 Å². The summed E-state index contributed by atoms with van der Waals surface area (Å²) in [4.78, 5) is 3.12. The molecule has 0 saturated carbocycles. The summed E-state index contributed by atoms with van der Waals surface area (Å²) in [5.41, 5.74) is 3.49. The van der Waals surface area contributed by atoms with Crippen LogP contribution in [0.25, 0.3) is 11.3 Å². The average Bonchev–Trinajstić information content (AvgIpc) is 2.66. The number of rotatable bonds is 2. The third kappa shape index (κ3) is 1.55. The molecule has 0 aliphatic rings. The number of nitrogens with zero attached hydrogens (tertiary/aromatic N) is 1. The van der Waals surface area contributed by atoms with Gasteiger partial charge in [0.1, 0.15) is 11.6 Å². The lowest BCUT2D eigenvalue weighted by Crippen LogP contribution is -1.84. The van der Waals surface area contributed by atoms with E-state index in [1.807, 2.05) is 37.3 Å². The van der Waals surface area contributed by atoms with Crippen LogP contribution in [0.2, 0.25) is 0 Å². The van der Waals surface area contributed by atoms with Crippen molar-refractivity contribution in [1.29, 1.82) is 5.26 Å². The summed E-state index contributed by atoms with van der Waals surface area (Å²) >= 11 is 0. The highest BCUT2D eigenvalue weighted by atomic mass is 16.5. The van der Waals surface area contributed by atoms with E-state index in [2.05, 4.69) is 11.1 Å². The molecule has 0 aliphatic heterocycles. The number of H-pyrrole nitrogens is 1. The van der Waals surface area contributed by atoms with Gasteiger partial charge in [0.05, 0.1) is 12.8 Å². The van der Waals surface area contributed by atoms with Crippen LogP contribution in [0.4, 0.5) is 0 Å². The van der Waals surface area contributed by atoms with Crippen molar-refractivity contribution in [3.8, 4) is 23.2 Å². The number of methoxy groups -OCH3 is 1. The minimum Gasteiger partial charge on any atom is -0.481 e. The molecule has 2 rings (SSSR count). The van der Waals surface area contributed by atoms with Gasteiger partial charge < -0.3 is 9.72 Å². The molecule has 1 heterocycles. The fourth-order valence-corrected chi connectivity index (χ4v) is 1.75. The van der Waals surface area contributed by atoms with Crippen molar-refractivity contribution in [1.82, 2.24) is 4.98 Å². The number of hydrogen-bond donors (Lipinski definition) is 1. The van der Waals surface area contributed by atoms with E-state index >= 15 is 0 Å². The molecule has 80 valence electrons. The third-order valence-corrected chi connectivity index (χ3v) is 2.59. The van der Waals surface area contributed by atoms with Crippen LogP contribution in [0, 0.1) is 18.3 Å². The van der Waals surface area contributed by atoms with Gasteiger partial charge in [-0.05, 0) is 18.1 Å². The minimum absolute atomic E-state index is 0.527. The summed E-state index contributed by atoms with van der Waals surface area (Å²) in [7, 11) is 1.56. The van der Waals surface area contributed by atoms with Gasteiger partial charge in [0.2, 0.25) is 5.88 Å². The van der Waals surface area contributed by atoms with Crippen LogP contribution in [0.1, 0.15) is 11.1 Å². The van der Waals surface area contributed by atoms with Crippen molar-refractivity contribution in [3.63, 3.8) is 0 Å². The molecule has 2 aromatic rings. The molecule has 1 aromatic heterocycles. The first-order valence-electron chi connectivity index (χ1n) is 5.00. The molecule has 3 nitrogen and oxygen atoms in total. The monoisotopic (exact) mass is 212 g/mol. The maximum absolute atomic E-state index is 9.04. The second-order valence-electron chi connectivity index (χ2n) is 3.51. The lowest BCUT2D eigenvalue weighted by Gasteiger charge is -1.98. The zero-order valence-corrected chi connectivity index (χ0v) is 9.24. The van der Waals surface area contributed by atoms with Crippen LogP contribution in [-0.4, -0.2) is 12.1 Å². The van der Waals surface area contributed by atoms with E-state index in [1.165, 1.54) is 0 Å². The molecule has 3 heteroatoms. The zero-order chi connectivity index (χ0) is 11.5. The molecule has 1 aromatic carbocycles. The summed E-state index contributed by atoms with van der Waals surface area (Å²) in [5.74, 6) is 0.527. The lowest BCUT2D eigenvalue weighted by molar-refractivity contribution is 0.399. The highest BCUT2D eigenvalue weighted by molar-refractivity contribution is 5.69. The predicted octanol–water partition coefficient (Wildman–Crippen LogP) is 2.87. The van der Waals surface area contributed by atoms with Crippen molar-refractivity contribution in [2.45, 2.75) is 6.92 Å².